The van der Waals surface area contributed by atoms with Gasteiger partial charge in [-0.3, -0.25) is 5.41 Å². The number of rotatable bonds is 1. The zero-order valence-electron chi connectivity index (χ0n) is 10.4. The second-order valence-electron chi connectivity index (χ2n) is 4.74. The number of carbonyl (C=O) groups excluding carboxylic acids is 1. The number of ether oxygens (including phenoxy) is 2. The lowest BCUT2D eigenvalue weighted by Crippen LogP contribution is -2.51. The predicted molar refractivity (Wildman–Crippen MR) is 66.7 cm³/mol. The van der Waals surface area contributed by atoms with Crippen LogP contribution in [0.5, 0.6) is 0 Å². The molecule has 1 aliphatic rings. The molecule has 1 fully saturated rings. The number of nitrogens with zero attached hydrogens (tertiary/aromatic N) is 1. The van der Waals surface area contributed by atoms with Crippen LogP contribution in [0.2, 0.25) is 0 Å². The van der Waals surface area contributed by atoms with Crippen LogP contribution in [0.3, 0.4) is 0 Å². The monoisotopic (exact) mass is 265 g/mol. The number of amides is 1. The van der Waals surface area contributed by atoms with E-state index in [2.05, 4.69) is 0 Å². The van der Waals surface area contributed by atoms with Gasteiger partial charge in [0, 0.05) is 6.54 Å². The topological polar surface area (TPSA) is 88.6 Å². The summed E-state index contributed by atoms with van der Waals surface area (Å²) in [6.07, 6.45) is -0.900. The third kappa shape index (κ3) is 5.23. The molecule has 0 bridgehead atoms. The molecule has 1 unspecified atom stereocenters. The third-order valence-corrected chi connectivity index (χ3v) is 2.07. The fourth-order valence-corrected chi connectivity index (χ4v) is 1.33. The minimum atomic E-state index is -0.513. The van der Waals surface area contributed by atoms with Crippen molar-refractivity contribution in [3.05, 3.63) is 0 Å². The fraction of sp³-hybridized carbons (Fsp3) is 0.800. The van der Waals surface area contributed by atoms with Crippen LogP contribution in [-0.4, -0.2) is 48.2 Å². The minimum Gasteiger partial charge on any atom is -0.444 e. The molecule has 0 aromatic carbocycles. The fourth-order valence-electron chi connectivity index (χ4n) is 1.33. The molecule has 0 spiro atoms. The maximum atomic E-state index is 11.7. The van der Waals surface area contributed by atoms with E-state index in [1.165, 1.54) is 4.90 Å². The first-order valence-electron chi connectivity index (χ1n) is 5.23. The molecule has 0 aromatic rings. The van der Waals surface area contributed by atoms with Gasteiger partial charge in [-0.2, -0.15) is 0 Å². The molecule has 100 valence electrons. The molecule has 1 amide bonds. The Balaban J connectivity index is 0.00000256. The Morgan fingerprint density at radius 2 is 2.12 bits per heavy atom. The van der Waals surface area contributed by atoms with E-state index in [-0.39, 0.29) is 30.9 Å². The molecule has 1 saturated heterocycles. The number of amidine groups is 1. The molecule has 1 rings (SSSR count). The highest BCUT2D eigenvalue weighted by Crippen LogP contribution is 2.12. The number of nitrogens with one attached hydrogen (secondary N) is 1. The van der Waals surface area contributed by atoms with E-state index in [0.717, 1.165) is 0 Å². The molecule has 3 N–H and O–H groups in total. The maximum absolute atomic E-state index is 11.7. The number of morpholine rings is 1. The van der Waals surface area contributed by atoms with E-state index in [1.807, 2.05) is 20.8 Å². The third-order valence-electron chi connectivity index (χ3n) is 2.07. The first-order chi connectivity index (χ1) is 7.29. The van der Waals surface area contributed by atoms with Gasteiger partial charge in [0.05, 0.1) is 13.2 Å². The molecule has 1 heterocycles. The Morgan fingerprint density at radius 1 is 1.53 bits per heavy atom. The van der Waals surface area contributed by atoms with E-state index in [4.69, 9.17) is 20.6 Å². The summed E-state index contributed by atoms with van der Waals surface area (Å²) in [5.41, 5.74) is 4.82. The van der Waals surface area contributed by atoms with Crippen LogP contribution in [0.15, 0.2) is 0 Å². The summed E-state index contributed by atoms with van der Waals surface area (Å²) in [7, 11) is 0. The van der Waals surface area contributed by atoms with Crippen molar-refractivity contribution in [1.29, 1.82) is 5.41 Å². The SMILES string of the molecule is CC(C)(C)OC(=O)N1CCOC(C(=N)N)C1.Cl. The second kappa shape index (κ2) is 6.07. The summed E-state index contributed by atoms with van der Waals surface area (Å²) in [6, 6.07) is 0. The van der Waals surface area contributed by atoms with Gasteiger partial charge >= 0.3 is 6.09 Å². The van der Waals surface area contributed by atoms with Gasteiger partial charge in [-0.1, -0.05) is 0 Å². The van der Waals surface area contributed by atoms with Crippen molar-refractivity contribution >= 4 is 24.3 Å². The zero-order chi connectivity index (χ0) is 12.3. The summed E-state index contributed by atoms with van der Waals surface area (Å²) in [5, 5.41) is 7.27. The van der Waals surface area contributed by atoms with Gasteiger partial charge in [0.15, 0.2) is 0 Å². The average Bonchev–Trinajstić information content (AvgIpc) is 2.15. The molecule has 6 nitrogen and oxygen atoms in total. The molecule has 0 saturated carbocycles. The molecule has 0 aromatic heterocycles. The van der Waals surface area contributed by atoms with Gasteiger partial charge < -0.3 is 20.1 Å². The first kappa shape index (κ1) is 16.0. The quantitative estimate of drug-likeness (QED) is 0.546. The molecule has 17 heavy (non-hydrogen) atoms. The van der Waals surface area contributed by atoms with Gasteiger partial charge in [-0.15, -0.1) is 12.4 Å². The van der Waals surface area contributed by atoms with Crippen LogP contribution < -0.4 is 5.73 Å². The van der Waals surface area contributed by atoms with Crippen LogP contribution in [-0.2, 0) is 9.47 Å². The van der Waals surface area contributed by atoms with E-state index in [0.29, 0.717) is 13.2 Å². The van der Waals surface area contributed by atoms with Gasteiger partial charge in [0.1, 0.15) is 17.5 Å². The number of hydrogen-bond acceptors (Lipinski definition) is 4. The van der Waals surface area contributed by atoms with Crippen molar-refractivity contribution in [1.82, 2.24) is 4.90 Å². The summed E-state index contributed by atoms with van der Waals surface area (Å²) in [5.74, 6) is -0.0618. The van der Waals surface area contributed by atoms with Crippen molar-refractivity contribution in [2.75, 3.05) is 19.7 Å². The lowest BCUT2D eigenvalue weighted by molar-refractivity contribution is -0.0213. The van der Waals surface area contributed by atoms with Gasteiger partial charge in [0.2, 0.25) is 0 Å². The van der Waals surface area contributed by atoms with Crippen LogP contribution in [0.1, 0.15) is 20.8 Å². The van der Waals surface area contributed by atoms with Crippen molar-refractivity contribution in [3.63, 3.8) is 0 Å². The summed E-state index contributed by atoms with van der Waals surface area (Å²) >= 11 is 0. The Morgan fingerprint density at radius 3 is 2.59 bits per heavy atom. The van der Waals surface area contributed by atoms with E-state index >= 15 is 0 Å². The Kier molecular flexibility index (Phi) is 5.71. The van der Waals surface area contributed by atoms with Crippen LogP contribution in [0.25, 0.3) is 0 Å². The lowest BCUT2D eigenvalue weighted by atomic mass is 10.2. The highest BCUT2D eigenvalue weighted by molar-refractivity contribution is 5.85. The Bertz CT molecular complexity index is 291. The smallest absolute Gasteiger partial charge is 0.410 e. The Labute approximate surface area is 107 Å². The highest BCUT2D eigenvalue weighted by Gasteiger charge is 2.29. The average molecular weight is 266 g/mol. The highest BCUT2D eigenvalue weighted by atomic mass is 35.5. The zero-order valence-corrected chi connectivity index (χ0v) is 11.2. The van der Waals surface area contributed by atoms with Crippen molar-refractivity contribution in [3.8, 4) is 0 Å². The lowest BCUT2D eigenvalue weighted by Gasteiger charge is -2.33. The largest absolute Gasteiger partial charge is 0.444 e. The molecule has 7 heteroatoms. The number of halogens is 1. The normalized spacial score (nSPS) is 20.4. The molecule has 1 aliphatic heterocycles. The summed E-state index contributed by atoms with van der Waals surface area (Å²) in [6.45, 7) is 6.57. The van der Waals surface area contributed by atoms with Crippen LogP contribution in [0.4, 0.5) is 4.79 Å². The number of carbonyl (C=O) groups is 1. The standard InChI is InChI=1S/C10H19N3O3.ClH/c1-10(2,3)16-9(14)13-4-5-15-7(6-13)8(11)12;/h7H,4-6H2,1-3H3,(H3,11,12);1H. The van der Waals surface area contributed by atoms with E-state index in [9.17, 15) is 4.79 Å². The molecular formula is C10H20ClN3O3. The number of hydrogen-bond donors (Lipinski definition) is 2. The van der Waals surface area contributed by atoms with Crippen LogP contribution in [0, 0.1) is 5.41 Å². The van der Waals surface area contributed by atoms with E-state index < -0.39 is 11.7 Å². The summed E-state index contributed by atoms with van der Waals surface area (Å²) in [4.78, 5) is 13.2. The second-order valence-corrected chi connectivity index (χ2v) is 4.74. The summed E-state index contributed by atoms with van der Waals surface area (Å²) < 4.78 is 10.5. The van der Waals surface area contributed by atoms with Crippen molar-refractivity contribution in [2.24, 2.45) is 5.73 Å². The molecule has 1 atom stereocenters. The molecular weight excluding hydrogens is 246 g/mol. The van der Waals surface area contributed by atoms with Crippen LogP contribution >= 0.6 is 12.4 Å². The molecule has 0 radical (unpaired) electrons. The minimum absolute atomic E-state index is 0. The van der Waals surface area contributed by atoms with Gasteiger partial charge in [-0.05, 0) is 20.8 Å². The van der Waals surface area contributed by atoms with E-state index in [1.54, 1.807) is 0 Å². The van der Waals surface area contributed by atoms with Crippen molar-refractivity contribution < 1.29 is 14.3 Å². The molecule has 0 aliphatic carbocycles. The van der Waals surface area contributed by atoms with Crippen molar-refractivity contribution in [2.45, 2.75) is 32.5 Å². The van der Waals surface area contributed by atoms with Gasteiger partial charge in [-0.25, -0.2) is 4.79 Å². The number of nitrogens with two attached hydrogens (primary N) is 1. The first-order valence-corrected chi connectivity index (χ1v) is 5.23. The maximum Gasteiger partial charge on any atom is 0.410 e. The Hall–Kier alpha value is -1.01. The van der Waals surface area contributed by atoms with Gasteiger partial charge in [0.25, 0.3) is 0 Å². The predicted octanol–water partition coefficient (Wildman–Crippen LogP) is 0.980.